The SMILES string of the molecule is C=C/C=C(\C=N/C)CN(C(C)=O)c1nc(NC2CCCCC2O)cn2c(Br)cnc12. The number of halogens is 1. The van der Waals surface area contributed by atoms with Crippen molar-refractivity contribution >= 4 is 45.3 Å². The molecule has 2 heterocycles. The van der Waals surface area contributed by atoms with Crippen LogP contribution in [0.5, 0.6) is 0 Å². The Bertz CT molecular complexity index is 983. The zero-order valence-electron chi connectivity index (χ0n) is 17.3. The fourth-order valence-corrected chi connectivity index (χ4v) is 4.01. The molecular weight excluding hydrogens is 448 g/mol. The van der Waals surface area contributed by atoms with Gasteiger partial charge in [0.25, 0.3) is 0 Å². The van der Waals surface area contributed by atoms with E-state index in [9.17, 15) is 9.90 Å². The van der Waals surface area contributed by atoms with Crippen molar-refractivity contribution in [1.29, 1.82) is 0 Å². The van der Waals surface area contributed by atoms with Gasteiger partial charge >= 0.3 is 0 Å². The van der Waals surface area contributed by atoms with Crippen LogP contribution in [0.3, 0.4) is 0 Å². The maximum absolute atomic E-state index is 12.6. The number of aliphatic hydroxyl groups excluding tert-OH is 1. The number of hydrogen-bond donors (Lipinski definition) is 2. The van der Waals surface area contributed by atoms with E-state index in [2.05, 4.69) is 37.8 Å². The Labute approximate surface area is 184 Å². The average molecular weight is 475 g/mol. The van der Waals surface area contributed by atoms with Crippen LogP contribution in [0.4, 0.5) is 11.6 Å². The maximum atomic E-state index is 12.6. The number of carbonyl (C=O) groups is 1. The highest BCUT2D eigenvalue weighted by Crippen LogP contribution is 2.27. The lowest BCUT2D eigenvalue weighted by atomic mass is 9.93. The molecule has 1 saturated carbocycles. The van der Waals surface area contributed by atoms with E-state index in [1.165, 1.54) is 6.92 Å². The van der Waals surface area contributed by atoms with Gasteiger partial charge < -0.3 is 10.4 Å². The van der Waals surface area contributed by atoms with Crippen molar-refractivity contribution in [2.75, 3.05) is 23.8 Å². The van der Waals surface area contributed by atoms with Crippen LogP contribution in [-0.4, -0.2) is 57.3 Å². The van der Waals surface area contributed by atoms with E-state index in [1.54, 1.807) is 30.4 Å². The molecule has 1 amide bonds. The number of aliphatic imine (C=N–C) groups is 1. The summed E-state index contributed by atoms with van der Waals surface area (Å²) in [5.74, 6) is 0.840. The summed E-state index contributed by atoms with van der Waals surface area (Å²) in [4.78, 5) is 27.3. The monoisotopic (exact) mass is 474 g/mol. The molecular formula is C21H27BrN6O2. The van der Waals surface area contributed by atoms with Gasteiger partial charge in [0.1, 0.15) is 10.4 Å². The Kier molecular flexibility index (Phi) is 7.38. The van der Waals surface area contributed by atoms with Gasteiger partial charge in [-0.1, -0.05) is 31.6 Å². The van der Waals surface area contributed by atoms with E-state index in [0.717, 1.165) is 35.9 Å². The van der Waals surface area contributed by atoms with Gasteiger partial charge in [-0.2, -0.15) is 0 Å². The Morgan fingerprint density at radius 3 is 2.93 bits per heavy atom. The molecule has 0 aromatic carbocycles. The number of fused-ring (bicyclic) bond motifs is 1. The number of aliphatic hydroxyl groups is 1. The van der Waals surface area contributed by atoms with Crippen LogP contribution >= 0.6 is 15.9 Å². The predicted molar refractivity (Wildman–Crippen MR) is 123 cm³/mol. The van der Waals surface area contributed by atoms with Crippen molar-refractivity contribution < 1.29 is 9.90 Å². The summed E-state index contributed by atoms with van der Waals surface area (Å²) in [6.45, 7) is 5.51. The average Bonchev–Trinajstić information content (AvgIpc) is 3.08. The largest absolute Gasteiger partial charge is 0.391 e. The number of anilines is 2. The number of amides is 1. The molecule has 8 nitrogen and oxygen atoms in total. The van der Waals surface area contributed by atoms with E-state index in [-0.39, 0.29) is 18.5 Å². The van der Waals surface area contributed by atoms with Crippen molar-refractivity contribution in [2.45, 2.75) is 44.8 Å². The fraction of sp³-hybridized carbons (Fsp3) is 0.429. The van der Waals surface area contributed by atoms with Gasteiger partial charge in [-0.3, -0.25) is 19.1 Å². The number of imidazole rings is 1. The Hall–Kier alpha value is -2.52. The van der Waals surface area contributed by atoms with Crippen molar-refractivity contribution in [3.05, 3.63) is 41.3 Å². The first kappa shape index (κ1) is 22.2. The number of carbonyl (C=O) groups excluding carboxylic acids is 1. The van der Waals surface area contributed by atoms with Crippen molar-refractivity contribution in [1.82, 2.24) is 14.4 Å². The van der Waals surface area contributed by atoms with E-state index >= 15 is 0 Å². The molecule has 0 aliphatic heterocycles. The summed E-state index contributed by atoms with van der Waals surface area (Å²) in [6, 6.07) is -0.0759. The minimum atomic E-state index is -0.419. The molecule has 1 aliphatic rings. The van der Waals surface area contributed by atoms with E-state index in [1.807, 2.05) is 16.7 Å². The minimum absolute atomic E-state index is 0.0759. The lowest BCUT2D eigenvalue weighted by molar-refractivity contribution is -0.116. The number of nitrogens with one attached hydrogen (secondary N) is 1. The number of rotatable bonds is 7. The summed E-state index contributed by atoms with van der Waals surface area (Å²) in [5.41, 5.74) is 1.37. The highest BCUT2D eigenvalue weighted by atomic mass is 79.9. The van der Waals surface area contributed by atoms with Gasteiger partial charge in [-0.25, -0.2) is 9.97 Å². The number of hydrogen-bond acceptors (Lipinski definition) is 6. The molecule has 2 aromatic rings. The first-order chi connectivity index (χ1) is 14.4. The van der Waals surface area contributed by atoms with Crippen molar-refractivity contribution in [3.8, 4) is 0 Å². The van der Waals surface area contributed by atoms with Crippen LogP contribution in [0, 0.1) is 0 Å². The van der Waals surface area contributed by atoms with Gasteiger partial charge in [-0.05, 0) is 34.3 Å². The topological polar surface area (TPSA) is 95.1 Å². The van der Waals surface area contributed by atoms with Gasteiger partial charge in [0.2, 0.25) is 5.91 Å². The van der Waals surface area contributed by atoms with Gasteiger partial charge in [-0.15, -0.1) is 0 Å². The molecule has 0 bridgehead atoms. The van der Waals surface area contributed by atoms with Crippen LogP contribution < -0.4 is 10.2 Å². The van der Waals surface area contributed by atoms with Crippen LogP contribution in [0.2, 0.25) is 0 Å². The van der Waals surface area contributed by atoms with E-state index in [0.29, 0.717) is 17.3 Å². The molecule has 2 aromatic heterocycles. The van der Waals surface area contributed by atoms with Crippen LogP contribution in [0.25, 0.3) is 5.65 Å². The first-order valence-corrected chi connectivity index (χ1v) is 10.7. The smallest absolute Gasteiger partial charge is 0.225 e. The standard InChI is InChI=1S/C21H27BrN6O2/c1-4-7-15(10-23-3)12-27(14(2)29)21-20-24-11-18(22)28(20)13-19(26-21)25-16-8-5-6-9-17(16)30/h4,7,10-11,13,16-17,25,30H,1,5-6,8-9,12H2,2-3H3/b15-7+,23-10-. The number of allylic oxidation sites excluding steroid dienone is 2. The molecule has 2 N–H and O–H groups in total. The second-order valence-corrected chi connectivity index (χ2v) is 8.11. The lowest BCUT2D eigenvalue weighted by Crippen LogP contribution is -2.37. The number of aromatic nitrogens is 3. The molecule has 2 unspecified atom stereocenters. The highest BCUT2D eigenvalue weighted by Gasteiger charge is 2.25. The summed E-state index contributed by atoms with van der Waals surface area (Å²) < 4.78 is 2.58. The zero-order chi connectivity index (χ0) is 21.7. The first-order valence-electron chi connectivity index (χ1n) is 9.94. The minimum Gasteiger partial charge on any atom is -0.391 e. The zero-order valence-corrected chi connectivity index (χ0v) is 18.8. The molecule has 0 radical (unpaired) electrons. The molecule has 2 atom stereocenters. The van der Waals surface area contributed by atoms with Crippen molar-refractivity contribution in [2.24, 2.45) is 4.99 Å². The van der Waals surface area contributed by atoms with Crippen molar-refractivity contribution in [3.63, 3.8) is 0 Å². The summed E-state index contributed by atoms with van der Waals surface area (Å²) in [6.07, 6.45) is 12.0. The third kappa shape index (κ3) is 4.96. The van der Waals surface area contributed by atoms with Crippen LogP contribution in [-0.2, 0) is 4.79 Å². The van der Waals surface area contributed by atoms with Gasteiger partial charge in [0, 0.05) is 20.2 Å². The molecule has 30 heavy (non-hydrogen) atoms. The molecule has 0 spiro atoms. The third-order valence-electron chi connectivity index (χ3n) is 5.10. The predicted octanol–water partition coefficient (Wildman–Crippen LogP) is 3.37. The molecule has 1 aliphatic carbocycles. The quantitative estimate of drug-likeness (QED) is 0.473. The van der Waals surface area contributed by atoms with E-state index < -0.39 is 6.10 Å². The molecule has 0 saturated heterocycles. The van der Waals surface area contributed by atoms with Crippen LogP contribution in [0.1, 0.15) is 32.6 Å². The molecule has 9 heteroatoms. The van der Waals surface area contributed by atoms with E-state index in [4.69, 9.17) is 4.98 Å². The van der Waals surface area contributed by atoms with Gasteiger partial charge in [0.15, 0.2) is 11.5 Å². The lowest BCUT2D eigenvalue weighted by Gasteiger charge is -2.29. The maximum Gasteiger partial charge on any atom is 0.225 e. The summed E-state index contributed by atoms with van der Waals surface area (Å²) in [5, 5.41) is 13.7. The normalized spacial score (nSPS) is 19.9. The number of nitrogens with zero attached hydrogens (tertiary/aromatic N) is 5. The third-order valence-corrected chi connectivity index (χ3v) is 5.68. The summed E-state index contributed by atoms with van der Waals surface area (Å²) >= 11 is 3.51. The second-order valence-electron chi connectivity index (χ2n) is 7.30. The van der Waals surface area contributed by atoms with Crippen LogP contribution in [0.15, 0.2) is 46.3 Å². The Morgan fingerprint density at radius 1 is 1.50 bits per heavy atom. The molecule has 3 rings (SSSR count). The molecule has 1 fully saturated rings. The summed E-state index contributed by atoms with van der Waals surface area (Å²) in [7, 11) is 1.68. The molecule has 160 valence electrons. The Morgan fingerprint density at radius 2 is 2.27 bits per heavy atom. The fourth-order valence-electron chi connectivity index (χ4n) is 3.64. The van der Waals surface area contributed by atoms with Gasteiger partial charge in [0.05, 0.1) is 31.1 Å². The Balaban J connectivity index is 2.04. The highest BCUT2D eigenvalue weighted by molar-refractivity contribution is 9.10. The second kappa shape index (κ2) is 9.99.